The highest BCUT2D eigenvalue weighted by Gasteiger charge is 2.15. The standard InChI is InChI=1S/C10H13N3S2/c1-6(2)9(11)7-4-14-10(13-7)8-3-12-5-15-8/h3-6,9H,11H2,1-2H3. The fourth-order valence-electron chi connectivity index (χ4n) is 1.22. The minimum atomic E-state index is 0.0305. The zero-order valence-corrected chi connectivity index (χ0v) is 10.3. The van der Waals surface area contributed by atoms with Crippen molar-refractivity contribution in [2.75, 3.05) is 0 Å². The van der Waals surface area contributed by atoms with Crippen LogP contribution in [0.15, 0.2) is 17.1 Å². The number of rotatable bonds is 3. The first-order chi connectivity index (χ1) is 7.18. The van der Waals surface area contributed by atoms with E-state index in [4.69, 9.17) is 5.73 Å². The quantitative estimate of drug-likeness (QED) is 0.896. The van der Waals surface area contributed by atoms with Crippen LogP contribution in [0.4, 0.5) is 0 Å². The minimum absolute atomic E-state index is 0.0305. The van der Waals surface area contributed by atoms with Gasteiger partial charge in [-0.3, -0.25) is 4.98 Å². The number of aromatic nitrogens is 2. The maximum absolute atomic E-state index is 6.04. The molecule has 2 aromatic rings. The first-order valence-electron chi connectivity index (χ1n) is 4.78. The van der Waals surface area contributed by atoms with Crippen LogP contribution in [0.25, 0.3) is 9.88 Å². The zero-order valence-electron chi connectivity index (χ0n) is 8.68. The summed E-state index contributed by atoms with van der Waals surface area (Å²) in [5.41, 5.74) is 8.84. The lowest BCUT2D eigenvalue weighted by Crippen LogP contribution is -2.16. The van der Waals surface area contributed by atoms with E-state index in [-0.39, 0.29) is 6.04 Å². The van der Waals surface area contributed by atoms with Gasteiger partial charge in [0, 0.05) is 11.6 Å². The predicted molar refractivity (Wildman–Crippen MR) is 65.0 cm³/mol. The molecule has 0 bridgehead atoms. The first kappa shape index (κ1) is 10.7. The van der Waals surface area contributed by atoms with Crippen LogP contribution in [-0.4, -0.2) is 9.97 Å². The number of nitrogens with zero attached hydrogens (tertiary/aromatic N) is 2. The Kier molecular flexibility index (Phi) is 3.14. The van der Waals surface area contributed by atoms with E-state index in [1.807, 2.05) is 17.1 Å². The van der Waals surface area contributed by atoms with Crippen molar-refractivity contribution in [1.29, 1.82) is 0 Å². The Hall–Kier alpha value is -0.780. The van der Waals surface area contributed by atoms with Crippen molar-refractivity contribution in [2.45, 2.75) is 19.9 Å². The molecule has 2 aromatic heterocycles. The number of nitrogens with two attached hydrogens (primary N) is 1. The Labute approximate surface area is 97.0 Å². The van der Waals surface area contributed by atoms with Gasteiger partial charge in [0.05, 0.1) is 22.1 Å². The molecule has 2 rings (SSSR count). The van der Waals surface area contributed by atoms with Gasteiger partial charge in [0.25, 0.3) is 0 Å². The fraction of sp³-hybridized carbons (Fsp3) is 0.400. The Morgan fingerprint density at radius 3 is 2.73 bits per heavy atom. The second-order valence-electron chi connectivity index (χ2n) is 3.71. The molecule has 0 aliphatic rings. The van der Waals surface area contributed by atoms with Crippen LogP contribution < -0.4 is 5.73 Å². The summed E-state index contributed by atoms with van der Waals surface area (Å²) in [6, 6.07) is 0.0305. The summed E-state index contributed by atoms with van der Waals surface area (Å²) in [7, 11) is 0. The molecule has 1 unspecified atom stereocenters. The van der Waals surface area contributed by atoms with E-state index in [0.717, 1.165) is 15.6 Å². The first-order valence-corrected chi connectivity index (χ1v) is 6.54. The monoisotopic (exact) mass is 239 g/mol. The fourth-order valence-corrected chi connectivity index (χ4v) is 2.78. The third-order valence-corrected chi connectivity index (χ3v) is 4.03. The summed E-state index contributed by atoms with van der Waals surface area (Å²) in [6.07, 6.45) is 1.84. The van der Waals surface area contributed by atoms with Crippen molar-refractivity contribution in [2.24, 2.45) is 11.7 Å². The molecule has 1 atom stereocenters. The van der Waals surface area contributed by atoms with Gasteiger partial charge >= 0.3 is 0 Å². The molecule has 5 heteroatoms. The summed E-state index contributed by atoms with van der Waals surface area (Å²) < 4.78 is 0. The van der Waals surface area contributed by atoms with Gasteiger partial charge in [-0.05, 0) is 5.92 Å². The number of hydrogen-bond donors (Lipinski definition) is 1. The number of thiazole rings is 2. The van der Waals surface area contributed by atoms with E-state index in [9.17, 15) is 0 Å². The predicted octanol–water partition coefficient (Wildman–Crippen LogP) is 2.92. The lowest BCUT2D eigenvalue weighted by Gasteiger charge is -2.11. The van der Waals surface area contributed by atoms with E-state index in [0.29, 0.717) is 5.92 Å². The molecule has 0 aromatic carbocycles. The van der Waals surface area contributed by atoms with E-state index in [1.165, 1.54) is 0 Å². The summed E-state index contributed by atoms with van der Waals surface area (Å²) in [5.74, 6) is 0.418. The lowest BCUT2D eigenvalue weighted by molar-refractivity contribution is 0.505. The van der Waals surface area contributed by atoms with Crippen molar-refractivity contribution in [1.82, 2.24) is 9.97 Å². The molecule has 0 spiro atoms. The third-order valence-electron chi connectivity index (χ3n) is 2.22. The molecule has 0 aliphatic heterocycles. The van der Waals surface area contributed by atoms with Crippen molar-refractivity contribution < 1.29 is 0 Å². The summed E-state index contributed by atoms with van der Waals surface area (Å²) >= 11 is 3.24. The molecular weight excluding hydrogens is 226 g/mol. The van der Waals surface area contributed by atoms with Crippen molar-refractivity contribution in [3.05, 3.63) is 22.8 Å². The number of hydrogen-bond acceptors (Lipinski definition) is 5. The van der Waals surface area contributed by atoms with Gasteiger partial charge in [-0.1, -0.05) is 13.8 Å². The molecule has 0 aliphatic carbocycles. The van der Waals surface area contributed by atoms with E-state index in [1.54, 1.807) is 22.7 Å². The molecule has 15 heavy (non-hydrogen) atoms. The largest absolute Gasteiger partial charge is 0.322 e. The summed E-state index contributed by atoms with van der Waals surface area (Å²) in [5, 5.41) is 3.06. The molecule has 80 valence electrons. The third kappa shape index (κ3) is 2.25. The van der Waals surface area contributed by atoms with Gasteiger partial charge in [-0.15, -0.1) is 22.7 Å². The Morgan fingerprint density at radius 2 is 2.13 bits per heavy atom. The van der Waals surface area contributed by atoms with Crippen LogP contribution >= 0.6 is 22.7 Å². The average molecular weight is 239 g/mol. The SMILES string of the molecule is CC(C)C(N)c1csc(-c2cncs2)n1. The molecule has 0 amide bonds. The molecule has 0 fully saturated rings. The van der Waals surface area contributed by atoms with Crippen LogP contribution in [0, 0.1) is 5.92 Å². The van der Waals surface area contributed by atoms with Crippen molar-refractivity contribution in [3.8, 4) is 9.88 Å². The van der Waals surface area contributed by atoms with Gasteiger partial charge in [0.2, 0.25) is 0 Å². The van der Waals surface area contributed by atoms with Gasteiger partial charge < -0.3 is 5.73 Å². The summed E-state index contributed by atoms with van der Waals surface area (Å²) in [4.78, 5) is 9.69. The van der Waals surface area contributed by atoms with Gasteiger partial charge in [0.1, 0.15) is 5.01 Å². The molecule has 0 saturated carbocycles. The Balaban J connectivity index is 2.25. The average Bonchev–Trinajstić information content (AvgIpc) is 2.86. The minimum Gasteiger partial charge on any atom is -0.322 e. The van der Waals surface area contributed by atoms with E-state index >= 15 is 0 Å². The van der Waals surface area contributed by atoms with E-state index in [2.05, 4.69) is 23.8 Å². The topological polar surface area (TPSA) is 51.8 Å². The zero-order chi connectivity index (χ0) is 10.8. The normalized spacial score (nSPS) is 13.3. The Bertz CT molecular complexity index is 420. The van der Waals surface area contributed by atoms with Crippen molar-refractivity contribution in [3.63, 3.8) is 0 Å². The summed E-state index contributed by atoms with van der Waals surface area (Å²) in [6.45, 7) is 4.22. The van der Waals surface area contributed by atoms with Crippen LogP contribution in [0.2, 0.25) is 0 Å². The molecule has 2 N–H and O–H groups in total. The van der Waals surface area contributed by atoms with Crippen LogP contribution in [0.1, 0.15) is 25.6 Å². The van der Waals surface area contributed by atoms with E-state index < -0.39 is 0 Å². The molecular formula is C10H13N3S2. The highest BCUT2D eigenvalue weighted by atomic mass is 32.1. The highest BCUT2D eigenvalue weighted by molar-refractivity contribution is 7.19. The maximum Gasteiger partial charge on any atom is 0.135 e. The second kappa shape index (κ2) is 4.38. The molecule has 2 heterocycles. The second-order valence-corrected chi connectivity index (χ2v) is 5.46. The Morgan fingerprint density at radius 1 is 1.33 bits per heavy atom. The van der Waals surface area contributed by atoms with Gasteiger partial charge in [0.15, 0.2) is 0 Å². The molecule has 0 radical (unpaired) electrons. The van der Waals surface area contributed by atoms with Gasteiger partial charge in [-0.25, -0.2) is 4.98 Å². The molecule has 3 nitrogen and oxygen atoms in total. The van der Waals surface area contributed by atoms with Crippen LogP contribution in [0.3, 0.4) is 0 Å². The van der Waals surface area contributed by atoms with Crippen LogP contribution in [-0.2, 0) is 0 Å². The smallest absolute Gasteiger partial charge is 0.135 e. The maximum atomic E-state index is 6.04. The lowest BCUT2D eigenvalue weighted by atomic mass is 10.0. The van der Waals surface area contributed by atoms with Crippen molar-refractivity contribution >= 4 is 22.7 Å². The van der Waals surface area contributed by atoms with Crippen LogP contribution in [0.5, 0.6) is 0 Å². The molecule has 0 saturated heterocycles. The van der Waals surface area contributed by atoms with Gasteiger partial charge in [-0.2, -0.15) is 0 Å². The highest BCUT2D eigenvalue weighted by Crippen LogP contribution is 2.29.